The molecule has 0 atom stereocenters. The van der Waals surface area contributed by atoms with Crippen LogP contribution in [0.5, 0.6) is 0 Å². The Bertz CT molecular complexity index is 84.1. The average molecular weight is 91.8 g/mol. The Labute approximate surface area is 46.6 Å². The molecular formula is C5H10B2. The fourth-order valence-electron chi connectivity index (χ4n) is 0.939. The number of hydrogen-bond acceptors (Lipinski definition) is 0. The fourth-order valence-corrected chi connectivity index (χ4v) is 0.939. The number of hydrogen-bond donors (Lipinski definition) is 0. The Morgan fingerprint density at radius 3 is 2.14 bits per heavy atom. The topological polar surface area (TPSA) is 0 Å². The summed E-state index contributed by atoms with van der Waals surface area (Å²) in [6, 6.07) is 0. The van der Waals surface area contributed by atoms with Crippen LogP contribution in [0, 0.1) is 0 Å². The van der Waals surface area contributed by atoms with Crippen LogP contribution in [0.2, 0.25) is 5.31 Å². The van der Waals surface area contributed by atoms with Crippen molar-refractivity contribution < 1.29 is 0 Å². The molecule has 1 aliphatic carbocycles. The molecule has 0 aromatic carbocycles. The van der Waals surface area contributed by atoms with Gasteiger partial charge in [0.2, 0.25) is 0 Å². The van der Waals surface area contributed by atoms with Crippen LogP contribution in [0.25, 0.3) is 0 Å². The van der Waals surface area contributed by atoms with Crippen molar-refractivity contribution in [1.29, 1.82) is 0 Å². The van der Waals surface area contributed by atoms with Crippen molar-refractivity contribution in [2.45, 2.75) is 31.5 Å². The normalized spacial score (nSPS) is 25.1. The van der Waals surface area contributed by atoms with Crippen LogP contribution in [-0.4, -0.2) is 14.2 Å². The molecule has 1 aliphatic rings. The Hall–Kier alpha value is 0.130. The summed E-state index contributed by atoms with van der Waals surface area (Å²) < 4.78 is 0. The van der Waals surface area contributed by atoms with Crippen LogP contribution >= 0.6 is 0 Å². The molecule has 0 nitrogen and oxygen atoms in total. The summed E-state index contributed by atoms with van der Waals surface area (Å²) in [5.74, 6) is 0. The van der Waals surface area contributed by atoms with Crippen molar-refractivity contribution in [2.24, 2.45) is 0 Å². The van der Waals surface area contributed by atoms with Crippen molar-refractivity contribution in [3.05, 3.63) is 0 Å². The van der Waals surface area contributed by atoms with Gasteiger partial charge in [0, 0.05) is 0 Å². The predicted molar refractivity (Wildman–Crippen MR) is 35.1 cm³/mol. The summed E-state index contributed by atoms with van der Waals surface area (Å²) in [5.41, 5.74) is 0. The second-order valence-corrected chi connectivity index (χ2v) is 2.71. The van der Waals surface area contributed by atoms with E-state index in [1.54, 1.807) is 0 Å². The SMILES string of the molecule is B=BC1(C)CCC1. The van der Waals surface area contributed by atoms with Gasteiger partial charge in [0.1, 0.15) is 0 Å². The van der Waals surface area contributed by atoms with Gasteiger partial charge in [-0.1, -0.05) is 0 Å². The third-order valence-corrected chi connectivity index (χ3v) is 1.99. The van der Waals surface area contributed by atoms with Crippen molar-refractivity contribution >= 4 is 14.2 Å². The molecule has 1 fully saturated rings. The zero-order valence-electron chi connectivity index (χ0n) is 4.91. The minimum atomic E-state index is 0.528. The molecule has 0 spiro atoms. The second-order valence-electron chi connectivity index (χ2n) is 2.71. The first-order valence-electron chi connectivity index (χ1n) is 2.90. The summed E-state index contributed by atoms with van der Waals surface area (Å²) in [7, 11) is 3.75. The van der Waals surface area contributed by atoms with E-state index in [2.05, 4.69) is 21.1 Å². The molecule has 1 saturated carbocycles. The van der Waals surface area contributed by atoms with Gasteiger partial charge >= 0.3 is 45.7 Å². The van der Waals surface area contributed by atoms with Gasteiger partial charge in [-0.05, 0) is 0 Å². The number of rotatable bonds is 1. The Morgan fingerprint density at radius 1 is 1.57 bits per heavy atom. The van der Waals surface area contributed by atoms with Gasteiger partial charge in [0.25, 0.3) is 0 Å². The van der Waals surface area contributed by atoms with Crippen LogP contribution in [-0.2, 0) is 0 Å². The van der Waals surface area contributed by atoms with Crippen LogP contribution in [0.15, 0.2) is 0 Å². The van der Waals surface area contributed by atoms with E-state index in [4.69, 9.17) is 0 Å². The summed E-state index contributed by atoms with van der Waals surface area (Å²) >= 11 is 0. The van der Waals surface area contributed by atoms with E-state index in [0.717, 1.165) is 0 Å². The molecule has 7 heavy (non-hydrogen) atoms. The first-order chi connectivity index (χ1) is 3.27. The van der Waals surface area contributed by atoms with E-state index in [1.807, 2.05) is 0 Å². The third kappa shape index (κ3) is 0.844. The van der Waals surface area contributed by atoms with Gasteiger partial charge in [-0.15, -0.1) is 0 Å². The molecule has 0 radical (unpaired) electrons. The summed E-state index contributed by atoms with van der Waals surface area (Å²) in [4.78, 5) is 0. The quantitative estimate of drug-likeness (QED) is 0.421. The summed E-state index contributed by atoms with van der Waals surface area (Å²) in [6.45, 7) is 4.35. The van der Waals surface area contributed by atoms with Crippen molar-refractivity contribution in [1.82, 2.24) is 0 Å². The van der Waals surface area contributed by atoms with E-state index >= 15 is 0 Å². The van der Waals surface area contributed by atoms with Crippen molar-refractivity contribution in [3.63, 3.8) is 0 Å². The maximum atomic E-state index is 3.75. The standard InChI is InChI=1S/C5H10B2/c1-5(7-6)3-2-4-5/h6H,2-4H2,1H3. The minimum absolute atomic E-state index is 0.528. The van der Waals surface area contributed by atoms with E-state index in [-0.39, 0.29) is 0 Å². The molecule has 0 amide bonds. The summed E-state index contributed by atoms with van der Waals surface area (Å²) in [5, 5.41) is 0.528. The van der Waals surface area contributed by atoms with Crippen LogP contribution < -0.4 is 0 Å². The second kappa shape index (κ2) is 1.57. The van der Waals surface area contributed by atoms with E-state index in [9.17, 15) is 0 Å². The average Bonchev–Trinajstić information content (AvgIpc) is 1.61. The van der Waals surface area contributed by atoms with Crippen molar-refractivity contribution in [3.8, 4) is 0 Å². The molecule has 2 heteroatoms. The van der Waals surface area contributed by atoms with Gasteiger partial charge in [-0.3, -0.25) is 0 Å². The van der Waals surface area contributed by atoms with Crippen LogP contribution in [0.4, 0.5) is 0 Å². The van der Waals surface area contributed by atoms with Crippen LogP contribution in [0.3, 0.4) is 0 Å². The van der Waals surface area contributed by atoms with Gasteiger partial charge < -0.3 is 0 Å². The van der Waals surface area contributed by atoms with Crippen LogP contribution in [0.1, 0.15) is 26.2 Å². The Morgan fingerprint density at radius 2 is 2.14 bits per heavy atom. The summed E-state index contributed by atoms with van der Waals surface area (Å²) in [6.07, 6.45) is 4.12. The molecule has 36 valence electrons. The molecule has 0 N–H and O–H groups in total. The first kappa shape index (κ1) is 5.27. The molecule has 0 bridgehead atoms. The fraction of sp³-hybridized carbons (Fsp3) is 1.00. The molecule has 1 rings (SSSR count). The monoisotopic (exact) mass is 92.1 g/mol. The Balaban J connectivity index is 2.43. The molecule has 0 aromatic rings. The van der Waals surface area contributed by atoms with Crippen molar-refractivity contribution in [2.75, 3.05) is 0 Å². The first-order valence-corrected chi connectivity index (χ1v) is 2.90. The van der Waals surface area contributed by atoms with E-state index in [0.29, 0.717) is 5.31 Å². The maximum absolute atomic E-state index is 3.75. The molecule has 0 aromatic heterocycles. The Kier molecular flexibility index (Phi) is 1.18. The zero-order valence-corrected chi connectivity index (χ0v) is 4.91. The molecule has 0 unspecified atom stereocenters. The molecule has 0 aliphatic heterocycles. The van der Waals surface area contributed by atoms with Gasteiger partial charge in [0.05, 0.1) is 0 Å². The van der Waals surface area contributed by atoms with E-state index < -0.39 is 0 Å². The van der Waals surface area contributed by atoms with E-state index in [1.165, 1.54) is 19.3 Å². The van der Waals surface area contributed by atoms with Gasteiger partial charge in [-0.25, -0.2) is 0 Å². The molecular weight excluding hydrogens is 81.7 g/mol. The molecule has 0 heterocycles. The third-order valence-electron chi connectivity index (χ3n) is 1.99. The zero-order chi connectivity index (χ0) is 5.33. The van der Waals surface area contributed by atoms with Gasteiger partial charge in [0.15, 0.2) is 0 Å². The molecule has 0 saturated heterocycles. The predicted octanol–water partition coefficient (Wildman–Crippen LogP) is 0.869. The van der Waals surface area contributed by atoms with Gasteiger partial charge in [-0.2, -0.15) is 0 Å².